The maximum Gasteiger partial charge on any atom is 0.305 e. The highest BCUT2D eigenvalue weighted by Crippen LogP contribution is 2.11. The van der Waals surface area contributed by atoms with E-state index in [1.165, 1.54) is 57.8 Å². The third-order valence-corrected chi connectivity index (χ3v) is 3.75. The van der Waals surface area contributed by atoms with Crippen LogP contribution in [0.2, 0.25) is 0 Å². The molecule has 0 atom stereocenters. The first-order valence-electron chi connectivity index (χ1n) is 9.08. The molecule has 2 nitrogen and oxygen atoms in total. The molecule has 0 aromatic heterocycles. The molecule has 0 fully saturated rings. The van der Waals surface area contributed by atoms with E-state index in [0.29, 0.717) is 13.0 Å². The molecule has 0 heterocycles. The normalized spacial score (nSPS) is 11.1. The third-order valence-electron chi connectivity index (χ3n) is 3.75. The monoisotopic (exact) mass is 296 g/mol. The van der Waals surface area contributed by atoms with Crippen molar-refractivity contribution < 1.29 is 9.53 Å². The number of ether oxygens (including phenoxy) is 1. The zero-order valence-corrected chi connectivity index (χ0v) is 14.4. The lowest BCUT2D eigenvalue weighted by Crippen LogP contribution is -2.05. The second kappa shape index (κ2) is 17.3. The maximum atomic E-state index is 11.4. The number of carbonyl (C=O) groups excluding carboxylic acids is 1. The second-order valence-electron chi connectivity index (χ2n) is 5.86. The van der Waals surface area contributed by atoms with Crippen LogP contribution in [-0.4, -0.2) is 12.6 Å². The molecule has 0 radical (unpaired) electrons. The molecule has 124 valence electrons. The van der Waals surface area contributed by atoms with Crippen LogP contribution in [0.1, 0.15) is 97.3 Å². The molecule has 0 rings (SSSR count). The quantitative estimate of drug-likeness (QED) is 0.204. The number of unbranched alkanes of at least 4 members (excludes halogenated alkanes) is 10. The Kier molecular flexibility index (Phi) is 16.6. The van der Waals surface area contributed by atoms with Gasteiger partial charge in [-0.05, 0) is 32.6 Å². The van der Waals surface area contributed by atoms with Crippen molar-refractivity contribution in [3.63, 3.8) is 0 Å². The zero-order valence-electron chi connectivity index (χ0n) is 14.4. The molecule has 0 aliphatic heterocycles. The second-order valence-corrected chi connectivity index (χ2v) is 5.86. The molecule has 0 saturated heterocycles. The van der Waals surface area contributed by atoms with Gasteiger partial charge in [0, 0.05) is 6.42 Å². The van der Waals surface area contributed by atoms with E-state index < -0.39 is 0 Å². The number of rotatable bonds is 15. The van der Waals surface area contributed by atoms with Crippen molar-refractivity contribution in [1.82, 2.24) is 0 Å². The Morgan fingerprint density at radius 2 is 1.43 bits per heavy atom. The van der Waals surface area contributed by atoms with Crippen LogP contribution in [0.3, 0.4) is 0 Å². The van der Waals surface area contributed by atoms with Crippen LogP contribution in [-0.2, 0) is 9.53 Å². The summed E-state index contributed by atoms with van der Waals surface area (Å²) in [5, 5.41) is 0. The fourth-order valence-corrected chi connectivity index (χ4v) is 2.34. The fraction of sp³-hybridized carbons (Fsp3) is 0.842. The molecule has 0 N–H and O–H groups in total. The summed E-state index contributed by atoms with van der Waals surface area (Å²) in [5.74, 6) is -0.00965. The average Bonchev–Trinajstić information content (AvgIpc) is 2.48. The third kappa shape index (κ3) is 17.2. The molecule has 0 amide bonds. The minimum Gasteiger partial charge on any atom is -0.466 e. The minimum absolute atomic E-state index is 0.00965. The van der Waals surface area contributed by atoms with E-state index in [4.69, 9.17) is 4.74 Å². The van der Waals surface area contributed by atoms with E-state index in [2.05, 4.69) is 26.0 Å². The van der Waals surface area contributed by atoms with Gasteiger partial charge >= 0.3 is 5.97 Å². The van der Waals surface area contributed by atoms with Crippen LogP contribution < -0.4 is 0 Å². The highest BCUT2D eigenvalue weighted by molar-refractivity contribution is 5.69. The minimum atomic E-state index is -0.00965. The SMILES string of the molecule is CC=CCCCCCCCCCCCC(=O)OCCCC. The molecular weight excluding hydrogens is 260 g/mol. The van der Waals surface area contributed by atoms with Gasteiger partial charge in [-0.1, -0.05) is 70.4 Å². The van der Waals surface area contributed by atoms with Crippen molar-refractivity contribution in [1.29, 1.82) is 0 Å². The van der Waals surface area contributed by atoms with Crippen LogP contribution in [0.15, 0.2) is 12.2 Å². The highest BCUT2D eigenvalue weighted by atomic mass is 16.5. The average molecular weight is 296 g/mol. The smallest absolute Gasteiger partial charge is 0.305 e. The predicted octanol–water partition coefficient (Wildman–Crippen LogP) is 6.20. The Balaban J connectivity index is 3.10. The van der Waals surface area contributed by atoms with Crippen molar-refractivity contribution in [3.8, 4) is 0 Å². The van der Waals surface area contributed by atoms with Crippen molar-refractivity contribution in [2.45, 2.75) is 97.3 Å². The van der Waals surface area contributed by atoms with Crippen molar-refractivity contribution in [2.75, 3.05) is 6.61 Å². The molecule has 0 saturated carbocycles. The molecular formula is C19H36O2. The maximum absolute atomic E-state index is 11.4. The highest BCUT2D eigenvalue weighted by Gasteiger charge is 2.01. The van der Waals surface area contributed by atoms with Gasteiger partial charge in [-0.25, -0.2) is 0 Å². The van der Waals surface area contributed by atoms with E-state index in [1.54, 1.807) is 0 Å². The van der Waals surface area contributed by atoms with Crippen molar-refractivity contribution in [2.24, 2.45) is 0 Å². The fourth-order valence-electron chi connectivity index (χ4n) is 2.34. The first kappa shape index (κ1) is 20.2. The molecule has 0 bridgehead atoms. The molecule has 0 aliphatic rings. The molecule has 0 aromatic carbocycles. The van der Waals surface area contributed by atoms with Crippen LogP contribution in [0.25, 0.3) is 0 Å². The summed E-state index contributed by atoms with van der Waals surface area (Å²) >= 11 is 0. The number of hydrogen-bond donors (Lipinski definition) is 0. The standard InChI is InChI=1S/C19H36O2/c1-3-5-7-8-9-10-11-12-13-14-15-16-17-19(20)21-18-6-4-2/h3,5H,4,6-18H2,1-2H3. The van der Waals surface area contributed by atoms with Gasteiger partial charge in [0.05, 0.1) is 6.61 Å². The Morgan fingerprint density at radius 1 is 0.857 bits per heavy atom. The first-order valence-corrected chi connectivity index (χ1v) is 9.08. The molecule has 0 aromatic rings. The van der Waals surface area contributed by atoms with Gasteiger partial charge in [0.25, 0.3) is 0 Å². The van der Waals surface area contributed by atoms with Gasteiger partial charge < -0.3 is 4.74 Å². The van der Waals surface area contributed by atoms with Gasteiger partial charge in [0.15, 0.2) is 0 Å². The van der Waals surface area contributed by atoms with Crippen LogP contribution in [0, 0.1) is 0 Å². The lowest BCUT2D eigenvalue weighted by atomic mass is 10.1. The van der Waals surface area contributed by atoms with Crippen molar-refractivity contribution in [3.05, 3.63) is 12.2 Å². The number of allylic oxidation sites excluding steroid dienone is 2. The van der Waals surface area contributed by atoms with E-state index in [-0.39, 0.29) is 5.97 Å². The molecule has 0 spiro atoms. The van der Waals surface area contributed by atoms with Gasteiger partial charge in [0.2, 0.25) is 0 Å². The van der Waals surface area contributed by atoms with Gasteiger partial charge in [-0.2, -0.15) is 0 Å². The predicted molar refractivity (Wildman–Crippen MR) is 91.5 cm³/mol. The molecule has 0 unspecified atom stereocenters. The van der Waals surface area contributed by atoms with Crippen molar-refractivity contribution >= 4 is 5.97 Å². The summed E-state index contributed by atoms with van der Waals surface area (Å²) in [4.78, 5) is 11.4. The summed E-state index contributed by atoms with van der Waals surface area (Å²) in [6.45, 7) is 4.80. The van der Waals surface area contributed by atoms with Gasteiger partial charge in [-0.3, -0.25) is 4.79 Å². The van der Waals surface area contributed by atoms with E-state index >= 15 is 0 Å². The summed E-state index contributed by atoms with van der Waals surface area (Å²) in [6.07, 6.45) is 19.9. The molecule has 21 heavy (non-hydrogen) atoms. The molecule has 0 aliphatic carbocycles. The first-order chi connectivity index (χ1) is 10.3. The van der Waals surface area contributed by atoms with E-state index in [0.717, 1.165) is 19.3 Å². The van der Waals surface area contributed by atoms with Crippen LogP contribution in [0.4, 0.5) is 0 Å². The largest absolute Gasteiger partial charge is 0.466 e. The van der Waals surface area contributed by atoms with Crippen LogP contribution >= 0.6 is 0 Å². The Labute approximate surface area is 132 Å². The Morgan fingerprint density at radius 3 is 2.00 bits per heavy atom. The summed E-state index contributed by atoms with van der Waals surface area (Å²) in [6, 6.07) is 0. The Hall–Kier alpha value is -0.790. The zero-order chi connectivity index (χ0) is 15.6. The molecule has 2 heteroatoms. The van der Waals surface area contributed by atoms with E-state index in [9.17, 15) is 4.79 Å². The lowest BCUT2D eigenvalue weighted by Gasteiger charge is -2.04. The van der Waals surface area contributed by atoms with E-state index in [1.807, 2.05) is 0 Å². The summed E-state index contributed by atoms with van der Waals surface area (Å²) in [7, 11) is 0. The summed E-state index contributed by atoms with van der Waals surface area (Å²) < 4.78 is 5.14. The van der Waals surface area contributed by atoms with Crippen LogP contribution in [0.5, 0.6) is 0 Å². The number of carbonyl (C=O) groups is 1. The lowest BCUT2D eigenvalue weighted by molar-refractivity contribution is -0.143. The number of esters is 1. The number of hydrogen-bond acceptors (Lipinski definition) is 2. The van der Waals surface area contributed by atoms with Gasteiger partial charge in [-0.15, -0.1) is 0 Å². The van der Waals surface area contributed by atoms with Gasteiger partial charge in [0.1, 0.15) is 0 Å². The Bertz CT molecular complexity index is 246. The summed E-state index contributed by atoms with van der Waals surface area (Å²) in [5.41, 5.74) is 0. The topological polar surface area (TPSA) is 26.3 Å².